The number of carbonyl (C=O) groups excluding carboxylic acids is 1. The van der Waals surface area contributed by atoms with E-state index < -0.39 is 0 Å². The van der Waals surface area contributed by atoms with Gasteiger partial charge in [-0.05, 0) is 24.1 Å². The number of hydrogen-bond donors (Lipinski definition) is 3. The third kappa shape index (κ3) is 11.5. The van der Waals surface area contributed by atoms with Crippen LogP contribution in [-0.2, 0) is 10.4 Å². The molecule has 0 aliphatic carbocycles. The van der Waals surface area contributed by atoms with Crippen molar-refractivity contribution in [1.82, 2.24) is 0 Å². The topological polar surface area (TPSA) is 98.6 Å². The van der Waals surface area contributed by atoms with Crippen LogP contribution in [0.4, 0.5) is 0 Å². The molecule has 0 saturated heterocycles. The van der Waals surface area contributed by atoms with Crippen LogP contribution in [-0.4, -0.2) is 34.2 Å². The molecule has 0 bridgehead atoms. The van der Waals surface area contributed by atoms with Crippen molar-refractivity contribution >= 4 is 46.1 Å². The van der Waals surface area contributed by atoms with E-state index in [2.05, 4.69) is 23.5 Å². The lowest BCUT2D eigenvalue weighted by molar-refractivity contribution is 0.112. The molecule has 0 fully saturated rings. The van der Waals surface area contributed by atoms with Crippen LogP contribution < -0.4 is 11.5 Å². The Morgan fingerprint density at radius 3 is 2.27 bits per heavy atom. The minimum Gasteiger partial charge on any atom is -0.513 e. The first-order valence-electron chi connectivity index (χ1n) is 7.85. The van der Waals surface area contributed by atoms with Gasteiger partial charge in [0.25, 0.3) is 0 Å². The number of rotatable bonds is 5. The standard InChI is InChI=1S/C7H4Cl2O2.C7H7O.C4H12N2.Al/c8-5-1-4(3-10)7(11)6(9)2-5;8-6-7-4-2-1-3-5-7;1-2-3-4(5)6;/h1-3,11H;1-5H,6H2;4H,2-3,5-6H2,1H3;/q;-1;;+1. The van der Waals surface area contributed by atoms with E-state index in [4.69, 9.17) is 43.6 Å². The molecule has 5 N–H and O–H groups in total. The van der Waals surface area contributed by atoms with Gasteiger partial charge in [-0.3, -0.25) is 4.79 Å². The third-order valence-corrected chi connectivity index (χ3v) is 3.57. The van der Waals surface area contributed by atoms with Crippen LogP contribution in [0.15, 0.2) is 42.5 Å². The Kier molecular flexibility index (Phi) is 14.4. The molecule has 8 heteroatoms. The van der Waals surface area contributed by atoms with E-state index in [1.807, 2.05) is 30.3 Å². The number of nitrogens with two attached hydrogens (primary N) is 2. The highest BCUT2D eigenvalue weighted by atomic mass is 35.5. The van der Waals surface area contributed by atoms with Gasteiger partial charge in [-0.1, -0.05) is 66.9 Å². The van der Waals surface area contributed by atoms with Crippen LogP contribution >= 0.6 is 23.2 Å². The summed E-state index contributed by atoms with van der Waals surface area (Å²) >= 11 is 13.3. The van der Waals surface area contributed by atoms with Crippen molar-refractivity contribution in [1.29, 1.82) is 0 Å². The van der Waals surface area contributed by atoms with Crippen molar-refractivity contribution < 1.29 is 13.7 Å². The van der Waals surface area contributed by atoms with Crippen LogP contribution in [0.3, 0.4) is 0 Å². The maximum atomic E-state index is 10.3. The van der Waals surface area contributed by atoms with Crippen LogP contribution in [0, 0.1) is 0 Å². The third-order valence-electron chi connectivity index (χ3n) is 2.90. The molecule has 0 aromatic heterocycles. The predicted octanol–water partition coefficient (Wildman–Crippen LogP) is 3.83. The fourth-order valence-corrected chi connectivity index (χ4v) is 2.38. The predicted molar refractivity (Wildman–Crippen MR) is 108 cm³/mol. The molecule has 0 spiro atoms. The van der Waals surface area contributed by atoms with Crippen LogP contribution in [0.2, 0.25) is 10.0 Å². The van der Waals surface area contributed by atoms with Gasteiger partial charge in [-0.25, -0.2) is 0 Å². The van der Waals surface area contributed by atoms with Crippen LogP contribution in [0.1, 0.15) is 35.7 Å². The van der Waals surface area contributed by atoms with E-state index in [1.54, 1.807) is 0 Å². The quantitative estimate of drug-likeness (QED) is 0.393. The second kappa shape index (κ2) is 15.0. The first-order chi connectivity index (χ1) is 12.3. The molecule has 2 rings (SSSR count). The molecular weight excluding hydrogens is 390 g/mol. The van der Waals surface area contributed by atoms with Crippen molar-refractivity contribution in [3.8, 4) is 5.75 Å². The van der Waals surface area contributed by atoms with Crippen molar-refractivity contribution in [2.45, 2.75) is 32.5 Å². The van der Waals surface area contributed by atoms with Crippen molar-refractivity contribution in [3.63, 3.8) is 0 Å². The zero-order valence-electron chi connectivity index (χ0n) is 14.6. The molecule has 0 aliphatic heterocycles. The fraction of sp³-hybridized carbons (Fsp3) is 0.278. The first kappa shape index (κ1) is 24.9. The summed E-state index contributed by atoms with van der Waals surface area (Å²) in [5.74, 6) is -0.230. The maximum Gasteiger partial charge on any atom is 0.369 e. The highest BCUT2D eigenvalue weighted by Gasteiger charge is 2.05. The molecule has 0 amide bonds. The number of hydrogen-bond acceptors (Lipinski definition) is 5. The average molecular weight is 413 g/mol. The van der Waals surface area contributed by atoms with E-state index >= 15 is 0 Å². The number of halogens is 2. The Balaban J connectivity index is 0.000000378. The molecule has 5 nitrogen and oxygen atoms in total. The Morgan fingerprint density at radius 1 is 1.23 bits per heavy atom. The average Bonchev–Trinajstić information content (AvgIpc) is 2.60. The van der Waals surface area contributed by atoms with E-state index in [9.17, 15) is 4.79 Å². The molecule has 2 radical (unpaired) electrons. The second-order valence-corrected chi connectivity index (χ2v) is 6.37. The summed E-state index contributed by atoms with van der Waals surface area (Å²) in [7, 11) is 0. The van der Waals surface area contributed by atoms with Gasteiger partial charge in [0.1, 0.15) is 5.75 Å². The van der Waals surface area contributed by atoms with Gasteiger partial charge in [-0.2, -0.15) is 0 Å². The number of phenols is 1. The first-order valence-corrected chi connectivity index (χ1v) is 9.08. The van der Waals surface area contributed by atoms with Crippen molar-refractivity contribution in [3.05, 3.63) is 63.6 Å². The summed E-state index contributed by atoms with van der Waals surface area (Å²) in [5, 5.41) is 9.51. The van der Waals surface area contributed by atoms with Gasteiger partial charge in [0.2, 0.25) is 0 Å². The number of aromatic hydroxyl groups is 1. The zero-order chi connectivity index (χ0) is 19.9. The summed E-state index contributed by atoms with van der Waals surface area (Å²) in [5.41, 5.74) is 11.7. The smallest absolute Gasteiger partial charge is 0.369 e. The molecule has 0 heterocycles. The lowest BCUT2D eigenvalue weighted by Crippen LogP contribution is -2.29. The van der Waals surface area contributed by atoms with E-state index in [0.717, 1.165) is 12.8 Å². The molecule has 2 aromatic carbocycles. The normalized spacial score (nSPS) is 9.62. The number of phenolic OH excluding ortho intramolecular Hbond substituents is 1. The van der Waals surface area contributed by atoms with E-state index in [1.165, 1.54) is 17.7 Å². The summed E-state index contributed by atoms with van der Waals surface area (Å²) in [6.07, 6.45) is 2.40. The highest BCUT2D eigenvalue weighted by Crippen LogP contribution is 2.29. The molecule has 2 aromatic rings. The van der Waals surface area contributed by atoms with Crippen LogP contribution in [0.25, 0.3) is 0 Å². The van der Waals surface area contributed by atoms with Crippen LogP contribution in [0.5, 0.6) is 5.75 Å². The molecule has 140 valence electrons. The molecule has 0 unspecified atom stereocenters. The number of aldehydes is 1. The monoisotopic (exact) mass is 412 g/mol. The summed E-state index contributed by atoms with van der Waals surface area (Å²) in [6, 6.07) is 12.8. The lowest BCUT2D eigenvalue weighted by atomic mass is 10.2. The van der Waals surface area contributed by atoms with Gasteiger partial charge in [0, 0.05) is 11.6 Å². The molecule has 0 saturated carbocycles. The zero-order valence-corrected chi connectivity index (χ0v) is 17.2. The highest BCUT2D eigenvalue weighted by molar-refractivity contribution is 6.36. The summed E-state index contributed by atoms with van der Waals surface area (Å²) in [4.78, 5) is 10.3. The maximum absolute atomic E-state index is 10.3. The van der Waals surface area contributed by atoms with Gasteiger partial charge in [-0.15, -0.1) is 0 Å². The molecule has 26 heavy (non-hydrogen) atoms. The SMILES string of the molecule is CCCC(N)N.O=Cc1cc(Cl)cc(Cl)c1O.[Al][O]Cc1ccccc1. The van der Waals surface area contributed by atoms with Gasteiger partial charge < -0.3 is 20.4 Å². The van der Waals surface area contributed by atoms with E-state index in [0.29, 0.717) is 17.9 Å². The van der Waals surface area contributed by atoms with Crippen molar-refractivity contribution in [2.24, 2.45) is 11.5 Å². The molecule has 0 aliphatic rings. The Labute approximate surface area is 173 Å². The van der Waals surface area contributed by atoms with Gasteiger partial charge in [0.05, 0.1) is 16.8 Å². The number of benzene rings is 2. The van der Waals surface area contributed by atoms with Gasteiger partial charge in [0.15, 0.2) is 6.29 Å². The van der Waals surface area contributed by atoms with Gasteiger partial charge >= 0.3 is 16.6 Å². The summed E-state index contributed by atoms with van der Waals surface area (Å²) in [6.45, 7) is 2.73. The molecule has 0 atom stereocenters. The summed E-state index contributed by atoms with van der Waals surface area (Å²) < 4.78 is 4.84. The largest absolute Gasteiger partial charge is 0.513 e. The Morgan fingerprint density at radius 2 is 1.85 bits per heavy atom. The Bertz CT molecular complexity index is 644. The lowest BCUT2D eigenvalue weighted by Gasteiger charge is -1.99. The molecular formula is C18H23AlCl2N2O3. The van der Waals surface area contributed by atoms with E-state index in [-0.39, 0.29) is 22.5 Å². The number of carbonyl (C=O) groups is 1. The fourth-order valence-electron chi connectivity index (χ4n) is 1.68. The second-order valence-electron chi connectivity index (χ2n) is 5.19. The van der Waals surface area contributed by atoms with Crippen molar-refractivity contribution in [2.75, 3.05) is 0 Å². The minimum absolute atomic E-state index is 0.0830. The Hall–Kier alpha value is -1.10. The minimum atomic E-state index is -0.230.